The van der Waals surface area contributed by atoms with Gasteiger partial charge >= 0.3 is 0 Å². The molecule has 2 rings (SSSR count). The minimum Gasteiger partial charge on any atom is -0.370 e. The predicted octanol–water partition coefficient (Wildman–Crippen LogP) is 3.91. The molecule has 1 N–H and O–H groups in total. The van der Waals surface area contributed by atoms with Crippen molar-refractivity contribution in [1.29, 1.82) is 0 Å². The molecule has 0 bridgehead atoms. The zero-order valence-electron chi connectivity index (χ0n) is 13.2. The van der Waals surface area contributed by atoms with Gasteiger partial charge in [-0.2, -0.15) is 0 Å². The molecule has 1 aliphatic carbocycles. The van der Waals surface area contributed by atoms with Gasteiger partial charge in [0.1, 0.15) is 0 Å². The van der Waals surface area contributed by atoms with Gasteiger partial charge in [-0.25, -0.2) is 0 Å². The van der Waals surface area contributed by atoms with Crippen LogP contribution in [0.4, 0.5) is 5.69 Å². The van der Waals surface area contributed by atoms with Crippen LogP contribution >= 0.6 is 0 Å². The monoisotopic (exact) mass is 275 g/mol. The molecule has 1 unspecified atom stereocenters. The van der Waals surface area contributed by atoms with Gasteiger partial charge in [-0.1, -0.05) is 32.6 Å². The van der Waals surface area contributed by atoms with E-state index in [-0.39, 0.29) is 0 Å². The van der Waals surface area contributed by atoms with E-state index in [1.54, 1.807) is 0 Å². The van der Waals surface area contributed by atoms with Crippen molar-refractivity contribution in [1.82, 2.24) is 10.3 Å². The van der Waals surface area contributed by atoms with Crippen molar-refractivity contribution < 1.29 is 0 Å². The second kappa shape index (κ2) is 7.63. The van der Waals surface area contributed by atoms with E-state index in [4.69, 9.17) is 0 Å². The van der Waals surface area contributed by atoms with Gasteiger partial charge in [0.05, 0.1) is 17.6 Å². The second-order valence-corrected chi connectivity index (χ2v) is 5.95. The van der Waals surface area contributed by atoms with E-state index in [1.165, 1.54) is 44.2 Å². The molecule has 1 aromatic rings. The van der Waals surface area contributed by atoms with Gasteiger partial charge in [0, 0.05) is 19.1 Å². The van der Waals surface area contributed by atoms with Crippen molar-refractivity contribution in [3.8, 4) is 0 Å². The lowest BCUT2D eigenvalue weighted by atomic mass is 10.1. The van der Waals surface area contributed by atoms with Crippen LogP contribution in [0, 0.1) is 0 Å². The maximum absolute atomic E-state index is 4.66. The second-order valence-electron chi connectivity index (χ2n) is 5.95. The molecule has 1 heterocycles. The number of hydrogen-bond donors (Lipinski definition) is 1. The molecular weight excluding hydrogens is 246 g/mol. The molecule has 0 amide bonds. The number of rotatable bonds is 5. The SMILES string of the molecule is CCC(NC)c1ccc(N(C)C2CCCCCC2)cn1. The molecule has 0 aliphatic heterocycles. The van der Waals surface area contributed by atoms with Gasteiger partial charge in [-0.3, -0.25) is 4.98 Å². The highest BCUT2D eigenvalue weighted by Gasteiger charge is 2.18. The molecular formula is C17H29N3. The number of aromatic nitrogens is 1. The number of hydrogen-bond acceptors (Lipinski definition) is 3. The molecule has 3 heteroatoms. The lowest BCUT2D eigenvalue weighted by Crippen LogP contribution is -2.31. The Morgan fingerprint density at radius 1 is 1.25 bits per heavy atom. The molecule has 1 aliphatic rings. The Kier molecular flexibility index (Phi) is 5.84. The lowest BCUT2D eigenvalue weighted by Gasteiger charge is -2.29. The third-order valence-electron chi connectivity index (χ3n) is 4.66. The van der Waals surface area contributed by atoms with E-state index >= 15 is 0 Å². The zero-order valence-corrected chi connectivity index (χ0v) is 13.2. The summed E-state index contributed by atoms with van der Waals surface area (Å²) in [6.45, 7) is 2.19. The van der Waals surface area contributed by atoms with E-state index in [1.807, 2.05) is 13.2 Å². The molecule has 1 fully saturated rings. The Balaban J connectivity index is 2.04. The summed E-state index contributed by atoms with van der Waals surface area (Å²) in [7, 11) is 4.23. The van der Waals surface area contributed by atoms with E-state index < -0.39 is 0 Å². The summed E-state index contributed by atoms with van der Waals surface area (Å²) in [4.78, 5) is 7.09. The number of anilines is 1. The van der Waals surface area contributed by atoms with Crippen LogP contribution in [0.15, 0.2) is 18.3 Å². The first-order chi connectivity index (χ1) is 9.76. The quantitative estimate of drug-likeness (QED) is 0.826. The smallest absolute Gasteiger partial charge is 0.0574 e. The molecule has 1 atom stereocenters. The summed E-state index contributed by atoms with van der Waals surface area (Å²) < 4.78 is 0. The van der Waals surface area contributed by atoms with Crippen LogP contribution in [0.1, 0.15) is 63.6 Å². The van der Waals surface area contributed by atoms with Gasteiger partial charge in [0.25, 0.3) is 0 Å². The highest BCUT2D eigenvalue weighted by molar-refractivity contribution is 5.45. The standard InChI is InChI=1S/C17H29N3/c1-4-16(18-2)17-12-11-15(13-19-17)20(3)14-9-7-5-6-8-10-14/h11-14,16,18H,4-10H2,1-3H3. The number of nitrogens with zero attached hydrogens (tertiary/aromatic N) is 2. The van der Waals surface area contributed by atoms with Crippen LogP contribution in [0.25, 0.3) is 0 Å². The largest absolute Gasteiger partial charge is 0.370 e. The van der Waals surface area contributed by atoms with Gasteiger partial charge in [0.2, 0.25) is 0 Å². The topological polar surface area (TPSA) is 28.2 Å². The molecule has 1 saturated carbocycles. The van der Waals surface area contributed by atoms with Crippen LogP contribution < -0.4 is 10.2 Å². The van der Waals surface area contributed by atoms with E-state index in [2.05, 4.69) is 41.3 Å². The maximum Gasteiger partial charge on any atom is 0.0574 e. The minimum atomic E-state index is 0.368. The third kappa shape index (κ3) is 3.72. The summed E-state index contributed by atoms with van der Waals surface area (Å²) in [6.07, 6.45) is 11.3. The van der Waals surface area contributed by atoms with Crippen LogP contribution in [0.5, 0.6) is 0 Å². The van der Waals surface area contributed by atoms with Gasteiger partial charge in [-0.15, -0.1) is 0 Å². The van der Waals surface area contributed by atoms with Gasteiger partial charge < -0.3 is 10.2 Å². The molecule has 0 saturated heterocycles. The van der Waals surface area contributed by atoms with E-state index in [0.29, 0.717) is 12.1 Å². The molecule has 0 spiro atoms. The summed E-state index contributed by atoms with van der Waals surface area (Å²) in [5.74, 6) is 0. The normalized spacial score (nSPS) is 18.6. The van der Waals surface area contributed by atoms with E-state index in [9.17, 15) is 0 Å². The van der Waals surface area contributed by atoms with Gasteiger partial charge in [0.15, 0.2) is 0 Å². The predicted molar refractivity (Wildman–Crippen MR) is 86.2 cm³/mol. The van der Waals surface area contributed by atoms with Crippen molar-refractivity contribution in [3.05, 3.63) is 24.0 Å². The Morgan fingerprint density at radius 2 is 1.95 bits per heavy atom. The van der Waals surface area contributed by atoms with Crippen molar-refractivity contribution >= 4 is 5.69 Å². The lowest BCUT2D eigenvalue weighted by molar-refractivity contribution is 0.548. The first-order valence-electron chi connectivity index (χ1n) is 8.12. The Hall–Kier alpha value is -1.09. The molecule has 3 nitrogen and oxygen atoms in total. The van der Waals surface area contributed by atoms with Crippen molar-refractivity contribution in [2.45, 2.75) is 64.0 Å². The van der Waals surface area contributed by atoms with Crippen LogP contribution in [0.3, 0.4) is 0 Å². The average Bonchev–Trinajstić information content (AvgIpc) is 2.77. The fraction of sp³-hybridized carbons (Fsp3) is 0.706. The molecule has 20 heavy (non-hydrogen) atoms. The third-order valence-corrected chi connectivity index (χ3v) is 4.66. The summed E-state index contributed by atoms with van der Waals surface area (Å²) in [6, 6.07) is 5.46. The van der Waals surface area contributed by atoms with Crippen molar-refractivity contribution in [3.63, 3.8) is 0 Å². The van der Waals surface area contributed by atoms with Crippen molar-refractivity contribution in [2.24, 2.45) is 0 Å². The Morgan fingerprint density at radius 3 is 2.45 bits per heavy atom. The Bertz CT molecular complexity index is 376. The fourth-order valence-electron chi connectivity index (χ4n) is 3.23. The molecule has 0 aromatic carbocycles. The first-order valence-corrected chi connectivity index (χ1v) is 8.12. The van der Waals surface area contributed by atoms with Gasteiger partial charge in [-0.05, 0) is 38.4 Å². The number of nitrogens with one attached hydrogen (secondary N) is 1. The van der Waals surface area contributed by atoms with Crippen LogP contribution in [0.2, 0.25) is 0 Å². The highest BCUT2D eigenvalue weighted by atomic mass is 15.1. The number of pyridine rings is 1. The van der Waals surface area contributed by atoms with Crippen LogP contribution in [-0.2, 0) is 0 Å². The molecule has 0 radical (unpaired) electrons. The first kappa shape index (κ1) is 15.3. The molecule has 1 aromatic heterocycles. The molecule has 112 valence electrons. The van der Waals surface area contributed by atoms with Crippen LogP contribution in [-0.4, -0.2) is 25.1 Å². The summed E-state index contributed by atoms with van der Waals surface area (Å²) in [5.41, 5.74) is 2.40. The van der Waals surface area contributed by atoms with E-state index in [0.717, 1.165) is 12.1 Å². The zero-order chi connectivity index (χ0) is 14.4. The fourth-order valence-corrected chi connectivity index (χ4v) is 3.23. The Labute approximate surface area is 123 Å². The summed E-state index contributed by atoms with van der Waals surface area (Å²) in [5, 5.41) is 3.31. The van der Waals surface area contributed by atoms with Crippen molar-refractivity contribution in [2.75, 3.05) is 19.0 Å². The highest BCUT2D eigenvalue weighted by Crippen LogP contribution is 2.25. The average molecular weight is 275 g/mol. The maximum atomic E-state index is 4.66. The summed E-state index contributed by atoms with van der Waals surface area (Å²) >= 11 is 0. The minimum absolute atomic E-state index is 0.368.